The summed E-state index contributed by atoms with van der Waals surface area (Å²) in [5, 5.41) is 0. The Morgan fingerprint density at radius 1 is 1.20 bits per heavy atom. The standard InChI is InChI=1S/C11H11N3O/c12-11-2-1-9(7-13-11)8-14-5-3-10(15)4-6-14/h1-7H,8H2,(H2,12,13). The number of hydrogen-bond acceptors (Lipinski definition) is 3. The number of nitrogen functional groups attached to an aromatic ring is 1. The Labute approximate surface area is 87.0 Å². The van der Waals surface area contributed by atoms with Gasteiger partial charge in [0.15, 0.2) is 5.43 Å². The Morgan fingerprint density at radius 2 is 1.93 bits per heavy atom. The van der Waals surface area contributed by atoms with Gasteiger partial charge in [0.25, 0.3) is 0 Å². The van der Waals surface area contributed by atoms with Gasteiger partial charge in [-0.15, -0.1) is 0 Å². The van der Waals surface area contributed by atoms with Crippen molar-refractivity contribution in [2.24, 2.45) is 0 Å². The molecule has 0 aliphatic rings. The zero-order chi connectivity index (χ0) is 10.7. The molecule has 0 saturated carbocycles. The lowest BCUT2D eigenvalue weighted by atomic mass is 10.3. The van der Waals surface area contributed by atoms with E-state index in [1.54, 1.807) is 24.7 Å². The highest BCUT2D eigenvalue weighted by molar-refractivity contribution is 5.29. The highest BCUT2D eigenvalue weighted by Gasteiger charge is 1.94. The summed E-state index contributed by atoms with van der Waals surface area (Å²) in [5.41, 5.74) is 6.55. The summed E-state index contributed by atoms with van der Waals surface area (Å²) in [5.74, 6) is 0.513. The van der Waals surface area contributed by atoms with E-state index in [2.05, 4.69) is 4.98 Å². The first-order chi connectivity index (χ1) is 7.24. The van der Waals surface area contributed by atoms with Crippen LogP contribution < -0.4 is 11.2 Å². The minimum Gasteiger partial charge on any atom is -0.384 e. The summed E-state index contributed by atoms with van der Waals surface area (Å²) in [6.45, 7) is 0.688. The van der Waals surface area contributed by atoms with Gasteiger partial charge in [0.1, 0.15) is 5.82 Å². The maximum atomic E-state index is 10.9. The van der Waals surface area contributed by atoms with Crippen molar-refractivity contribution in [3.63, 3.8) is 0 Å². The summed E-state index contributed by atoms with van der Waals surface area (Å²) in [6, 6.07) is 6.74. The molecule has 0 aromatic carbocycles. The van der Waals surface area contributed by atoms with Gasteiger partial charge >= 0.3 is 0 Å². The fourth-order valence-electron chi connectivity index (χ4n) is 1.29. The molecule has 0 radical (unpaired) electrons. The molecule has 0 unspecified atom stereocenters. The van der Waals surface area contributed by atoms with Crippen LogP contribution in [0.3, 0.4) is 0 Å². The Hall–Kier alpha value is -2.10. The molecule has 2 rings (SSSR count). The van der Waals surface area contributed by atoms with Crippen molar-refractivity contribution in [2.45, 2.75) is 6.54 Å². The maximum Gasteiger partial charge on any atom is 0.181 e. The molecule has 0 aliphatic heterocycles. The van der Waals surface area contributed by atoms with Crippen LogP contribution >= 0.6 is 0 Å². The third-order valence-corrected chi connectivity index (χ3v) is 2.07. The fraction of sp³-hybridized carbons (Fsp3) is 0.0909. The van der Waals surface area contributed by atoms with Crippen LogP contribution in [0, 0.1) is 0 Å². The Kier molecular flexibility index (Phi) is 2.49. The van der Waals surface area contributed by atoms with Crippen LogP contribution in [0.2, 0.25) is 0 Å². The first kappa shape index (κ1) is 9.45. The van der Waals surface area contributed by atoms with Gasteiger partial charge in [0.05, 0.1) is 0 Å². The van der Waals surface area contributed by atoms with E-state index in [1.165, 1.54) is 12.1 Å². The average molecular weight is 201 g/mol. The molecule has 0 bridgehead atoms. The smallest absolute Gasteiger partial charge is 0.181 e. The number of nitrogens with two attached hydrogens (primary N) is 1. The summed E-state index contributed by atoms with van der Waals surface area (Å²) < 4.78 is 1.91. The largest absolute Gasteiger partial charge is 0.384 e. The minimum absolute atomic E-state index is 0.0154. The first-order valence-corrected chi connectivity index (χ1v) is 4.60. The monoisotopic (exact) mass is 201 g/mol. The molecular weight excluding hydrogens is 190 g/mol. The van der Waals surface area contributed by atoms with Crippen LogP contribution in [0.5, 0.6) is 0 Å². The second kappa shape index (κ2) is 3.96. The van der Waals surface area contributed by atoms with Crippen molar-refractivity contribution < 1.29 is 0 Å². The average Bonchev–Trinajstić information content (AvgIpc) is 2.25. The molecular formula is C11H11N3O. The van der Waals surface area contributed by atoms with E-state index in [1.807, 2.05) is 10.6 Å². The van der Waals surface area contributed by atoms with E-state index in [9.17, 15) is 4.79 Å². The van der Waals surface area contributed by atoms with Gasteiger partial charge in [-0.2, -0.15) is 0 Å². The van der Waals surface area contributed by atoms with Crippen molar-refractivity contribution in [1.29, 1.82) is 0 Å². The van der Waals surface area contributed by atoms with Crippen molar-refractivity contribution in [2.75, 3.05) is 5.73 Å². The number of nitrogens with zero attached hydrogens (tertiary/aromatic N) is 2. The van der Waals surface area contributed by atoms with Crippen LogP contribution in [0.4, 0.5) is 5.82 Å². The second-order valence-electron chi connectivity index (χ2n) is 3.30. The highest BCUT2D eigenvalue weighted by atomic mass is 16.1. The van der Waals surface area contributed by atoms with Gasteiger partial charge in [-0.3, -0.25) is 4.79 Å². The summed E-state index contributed by atoms with van der Waals surface area (Å²) in [4.78, 5) is 14.9. The van der Waals surface area contributed by atoms with Gasteiger partial charge in [-0.05, 0) is 11.6 Å². The van der Waals surface area contributed by atoms with Gasteiger partial charge in [-0.25, -0.2) is 4.98 Å². The molecule has 0 aliphatic carbocycles. The van der Waals surface area contributed by atoms with E-state index < -0.39 is 0 Å². The van der Waals surface area contributed by atoms with Gasteiger partial charge in [0.2, 0.25) is 0 Å². The van der Waals surface area contributed by atoms with Crippen molar-refractivity contribution in [3.8, 4) is 0 Å². The summed E-state index contributed by atoms with van der Waals surface area (Å²) >= 11 is 0. The van der Waals surface area contributed by atoms with E-state index in [-0.39, 0.29) is 5.43 Å². The lowest BCUT2D eigenvalue weighted by molar-refractivity contribution is 0.785. The fourth-order valence-corrected chi connectivity index (χ4v) is 1.29. The molecule has 2 aromatic heterocycles. The SMILES string of the molecule is Nc1ccc(Cn2ccc(=O)cc2)cn1. The first-order valence-electron chi connectivity index (χ1n) is 4.60. The Morgan fingerprint density at radius 3 is 2.53 bits per heavy atom. The minimum atomic E-state index is 0.0154. The van der Waals surface area contributed by atoms with Crippen molar-refractivity contribution in [1.82, 2.24) is 9.55 Å². The zero-order valence-electron chi connectivity index (χ0n) is 8.13. The van der Waals surface area contributed by atoms with Crippen LogP contribution in [-0.4, -0.2) is 9.55 Å². The molecule has 0 atom stereocenters. The normalized spacial score (nSPS) is 10.1. The molecule has 0 fully saturated rings. The van der Waals surface area contributed by atoms with Gasteiger partial charge in [-0.1, -0.05) is 6.07 Å². The molecule has 0 spiro atoms. The number of anilines is 1. The molecule has 0 saturated heterocycles. The quantitative estimate of drug-likeness (QED) is 0.784. The maximum absolute atomic E-state index is 10.9. The molecule has 15 heavy (non-hydrogen) atoms. The van der Waals surface area contributed by atoms with E-state index >= 15 is 0 Å². The topological polar surface area (TPSA) is 60.9 Å². The molecule has 4 heteroatoms. The number of rotatable bonds is 2. The second-order valence-corrected chi connectivity index (χ2v) is 3.30. The van der Waals surface area contributed by atoms with Crippen molar-refractivity contribution in [3.05, 3.63) is 58.6 Å². The predicted octanol–water partition coefficient (Wildman–Crippen LogP) is 0.874. The third kappa shape index (κ3) is 2.43. The Bertz CT molecular complexity index is 481. The van der Waals surface area contributed by atoms with Crippen LogP contribution in [0.25, 0.3) is 0 Å². The molecule has 2 heterocycles. The van der Waals surface area contributed by atoms with Crippen LogP contribution in [-0.2, 0) is 6.54 Å². The Balaban J connectivity index is 2.18. The lowest BCUT2D eigenvalue weighted by Crippen LogP contribution is -2.05. The lowest BCUT2D eigenvalue weighted by Gasteiger charge is -2.05. The van der Waals surface area contributed by atoms with Gasteiger partial charge in [0, 0.05) is 37.3 Å². The van der Waals surface area contributed by atoms with Crippen LogP contribution in [0.1, 0.15) is 5.56 Å². The van der Waals surface area contributed by atoms with E-state index in [0.717, 1.165) is 5.56 Å². The highest BCUT2D eigenvalue weighted by Crippen LogP contribution is 2.03. The molecule has 76 valence electrons. The number of hydrogen-bond donors (Lipinski definition) is 1. The van der Waals surface area contributed by atoms with E-state index in [4.69, 9.17) is 5.73 Å². The van der Waals surface area contributed by atoms with E-state index in [0.29, 0.717) is 12.4 Å². The molecule has 2 N–H and O–H groups in total. The number of pyridine rings is 2. The zero-order valence-corrected chi connectivity index (χ0v) is 8.13. The third-order valence-electron chi connectivity index (χ3n) is 2.07. The van der Waals surface area contributed by atoms with Gasteiger partial charge < -0.3 is 10.3 Å². The molecule has 4 nitrogen and oxygen atoms in total. The van der Waals surface area contributed by atoms with Crippen molar-refractivity contribution >= 4 is 5.82 Å². The summed E-state index contributed by atoms with van der Waals surface area (Å²) in [6.07, 6.45) is 5.23. The predicted molar refractivity (Wildman–Crippen MR) is 58.5 cm³/mol. The summed E-state index contributed by atoms with van der Waals surface area (Å²) in [7, 11) is 0. The number of aromatic nitrogens is 2. The molecule has 0 amide bonds. The van der Waals surface area contributed by atoms with Crippen LogP contribution in [0.15, 0.2) is 47.7 Å². The molecule has 2 aromatic rings.